The molecule has 1 aliphatic heterocycles. The molecule has 1 aliphatic rings. The molecule has 0 aromatic carbocycles. The van der Waals surface area contributed by atoms with Gasteiger partial charge in [-0.05, 0) is 33.1 Å². The summed E-state index contributed by atoms with van der Waals surface area (Å²) in [5.41, 5.74) is -0.965. The lowest BCUT2D eigenvalue weighted by atomic mass is 9.89. The summed E-state index contributed by atoms with van der Waals surface area (Å²) in [6, 6.07) is 0.549. The van der Waals surface area contributed by atoms with E-state index >= 15 is 0 Å². The van der Waals surface area contributed by atoms with Crippen LogP contribution in [0.4, 0.5) is 4.39 Å². The molecule has 76 valence electrons. The summed E-state index contributed by atoms with van der Waals surface area (Å²) < 4.78 is 13.9. The molecule has 0 radical (unpaired) electrons. The highest BCUT2D eigenvalue weighted by molar-refractivity contribution is 4.92. The first-order valence-corrected chi connectivity index (χ1v) is 5.11. The molecule has 0 atom stereocenters. The van der Waals surface area contributed by atoms with Gasteiger partial charge in [0.25, 0.3) is 0 Å². The molecule has 13 heavy (non-hydrogen) atoms. The van der Waals surface area contributed by atoms with Crippen LogP contribution in [-0.2, 0) is 0 Å². The zero-order chi connectivity index (χ0) is 9.90. The second kappa shape index (κ2) is 4.23. The van der Waals surface area contributed by atoms with Crippen LogP contribution in [-0.4, -0.2) is 29.7 Å². The van der Waals surface area contributed by atoms with Gasteiger partial charge in [-0.1, -0.05) is 6.08 Å². The van der Waals surface area contributed by atoms with Gasteiger partial charge in [0.2, 0.25) is 0 Å². The standard InChI is InChI=1S/C11H20FN/c1-4-5-11(12)6-8-13(9-7-11)10(2)3/h4,10H,1,5-9H2,2-3H3. The van der Waals surface area contributed by atoms with Crippen LogP contribution in [0.1, 0.15) is 33.1 Å². The molecule has 1 saturated heterocycles. The Labute approximate surface area is 80.6 Å². The van der Waals surface area contributed by atoms with Crippen LogP contribution in [0, 0.1) is 0 Å². The Morgan fingerprint density at radius 3 is 2.38 bits per heavy atom. The number of alkyl halides is 1. The topological polar surface area (TPSA) is 3.24 Å². The number of hydrogen-bond donors (Lipinski definition) is 0. The van der Waals surface area contributed by atoms with Gasteiger partial charge in [0.15, 0.2) is 0 Å². The summed E-state index contributed by atoms with van der Waals surface area (Å²) in [7, 11) is 0. The molecule has 0 aromatic rings. The van der Waals surface area contributed by atoms with Crippen molar-refractivity contribution in [2.75, 3.05) is 13.1 Å². The number of piperidine rings is 1. The average molecular weight is 185 g/mol. The Hall–Kier alpha value is -0.370. The maximum Gasteiger partial charge on any atom is 0.116 e. The number of rotatable bonds is 3. The quantitative estimate of drug-likeness (QED) is 0.611. The van der Waals surface area contributed by atoms with E-state index in [0.717, 1.165) is 13.1 Å². The van der Waals surface area contributed by atoms with Crippen molar-refractivity contribution < 1.29 is 4.39 Å². The number of halogens is 1. The fourth-order valence-corrected chi connectivity index (χ4v) is 1.90. The van der Waals surface area contributed by atoms with Gasteiger partial charge >= 0.3 is 0 Å². The molecule has 1 rings (SSSR count). The molecule has 0 saturated carbocycles. The van der Waals surface area contributed by atoms with E-state index in [1.807, 2.05) is 0 Å². The van der Waals surface area contributed by atoms with Crippen molar-refractivity contribution in [1.29, 1.82) is 0 Å². The van der Waals surface area contributed by atoms with Crippen LogP contribution < -0.4 is 0 Å². The summed E-state index contributed by atoms with van der Waals surface area (Å²) in [6.45, 7) is 9.71. The molecule has 1 heterocycles. The van der Waals surface area contributed by atoms with Crippen molar-refractivity contribution in [3.63, 3.8) is 0 Å². The summed E-state index contributed by atoms with van der Waals surface area (Å²) >= 11 is 0. The van der Waals surface area contributed by atoms with Gasteiger partial charge in [0.1, 0.15) is 5.67 Å². The Balaban J connectivity index is 2.41. The molecular weight excluding hydrogens is 165 g/mol. The van der Waals surface area contributed by atoms with Gasteiger partial charge in [-0.2, -0.15) is 0 Å². The smallest absolute Gasteiger partial charge is 0.116 e. The van der Waals surface area contributed by atoms with Crippen LogP contribution in [0.3, 0.4) is 0 Å². The lowest BCUT2D eigenvalue weighted by Crippen LogP contribution is -2.44. The van der Waals surface area contributed by atoms with E-state index in [2.05, 4.69) is 25.3 Å². The first-order chi connectivity index (χ1) is 6.07. The minimum Gasteiger partial charge on any atom is -0.301 e. The van der Waals surface area contributed by atoms with Crippen molar-refractivity contribution in [2.45, 2.75) is 44.8 Å². The maximum absolute atomic E-state index is 13.9. The van der Waals surface area contributed by atoms with Crippen LogP contribution in [0.25, 0.3) is 0 Å². The molecule has 0 unspecified atom stereocenters. The highest BCUT2D eigenvalue weighted by atomic mass is 19.1. The predicted molar refractivity (Wildman–Crippen MR) is 54.6 cm³/mol. The van der Waals surface area contributed by atoms with E-state index < -0.39 is 5.67 Å². The molecule has 0 bridgehead atoms. The predicted octanol–water partition coefficient (Wildman–Crippen LogP) is 2.78. The summed E-state index contributed by atoms with van der Waals surface area (Å²) in [5, 5.41) is 0. The molecule has 1 fully saturated rings. The largest absolute Gasteiger partial charge is 0.301 e. The number of allylic oxidation sites excluding steroid dienone is 1. The monoisotopic (exact) mass is 185 g/mol. The number of hydrogen-bond acceptors (Lipinski definition) is 1. The fraction of sp³-hybridized carbons (Fsp3) is 0.818. The summed E-state index contributed by atoms with van der Waals surface area (Å²) in [5.74, 6) is 0. The van der Waals surface area contributed by atoms with Crippen molar-refractivity contribution in [1.82, 2.24) is 4.90 Å². The number of nitrogens with zero attached hydrogens (tertiary/aromatic N) is 1. The third-order valence-electron chi connectivity index (χ3n) is 2.93. The minimum absolute atomic E-state index is 0.513. The molecule has 2 heteroatoms. The van der Waals surface area contributed by atoms with Gasteiger partial charge < -0.3 is 4.90 Å². The summed E-state index contributed by atoms with van der Waals surface area (Å²) in [6.07, 6.45) is 3.54. The Bertz CT molecular complexity index is 169. The van der Waals surface area contributed by atoms with E-state index in [1.165, 1.54) is 0 Å². The average Bonchev–Trinajstić information content (AvgIpc) is 2.05. The Morgan fingerprint density at radius 1 is 1.46 bits per heavy atom. The zero-order valence-corrected chi connectivity index (χ0v) is 8.72. The van der Waals surface area contributed by atoms with E-state index in [-0.39, 0.29) is 0 Å². The van der Waals surface area contributed by atoms with Crippen molar-refractivity contribution >= 4 is 0 Å². The SMILES string of the molecule is C=CCC1(F)CCN(C(C)C)CC1. The minimum atomic E-state index is -0.965. The van der Waals surface area contributed by atoms with E-state index in [0.29, 0.717) is 25.3 Å². The third-order valence-corrected chi connectivity index (χ3v) is 2.93. The van der Waals surface area contributed by atoms with Crippen molar-refractivity contribution in [3.8, 4) is 0 Å². The van der Waals surface area contributed by atoms with Crippen LogP contribution in [0.5, 0.6) is 0 Å². The Kier molecular flexibility index (Phi) is 3.48. The van der Waals surface area contributed by atoms with Gasteiger partial charge in [0, 0.05) is 19.1 Å². The fourth-order valence-electron chi connectivity index (χ4n) is 1.90. The maximum atomic E-state index is 13.9. The first kappa shape index (κ1) is 10.7. The molecular formula is C11H20FN. The van der Waals surface area contributed by atoms with Gasteiger partial charge in [0.05, 0.1) is 0 Å². The second-order valence-corrected chi connectivity index (χ2v) is 4.27. The number of likely N-dealkylation sites (tertiary alicyclic amines) is 1. The molecule has 0 amide bonds. The molecule has 0 aliphatic carbocycles. The van der Waals surface area contributed by atoms with Crippen LogP contribution >= 0.6 is 0 Å². The third kappa shape index (κ3) is 2.80. The summed E-state index contributed by atoms with van der Waals surface area (Å²) in [4.78, 5) is 2.33. The molecule has 0 spiro atoms. The highest BCUT2D eigenvalue weighted by Gasteiger charge is 2.33. The zero-order valence-electron chi connectivity index (χ0n) is 8.72. The van der Waals surface area contributed by atoms with Gasteiger partial charge in [-0.3, -0.25) is 0 Å². The van der Waals surface area contributed by atoms with Crippen LogP contribution in [0.2, 0.25) is 0 Å². The lowest BCUT2D eigenvalue weighted by Gasteiger charge is -2.38. The van der Waals surface area contributed by atoms with Gasteiger partial charge in [-0.15, -0.1) is 6.58 Å². The Morgan fingerprint density at radius 2 is 2.00 bits per heavy atom. The normalized spacial score (nSPS) is 23.4. The van der Waals surface area contributed by atoms with E-state index in [1.54, 1.807) is 6.08 Å². The second-order valence-electron chi connectivity index (χ2n) is 4.27. The van der Waals surface area contributed by atoms with Crippen LogP contribution in [0.15, 0.2) is 12.7 Å². The first-order valence-electron chi connectivity index (χ1n) is 5.11. The molecule has 1 nitrogen and oxygen atoms in total. The van der Waals surface area contributed by atoms with Gasteiger partial charge in [-0.25, -0.2) is 4.39 Å². The highest BCUT2D eigenvalue weighted by Crippen LogP contribution is 2.30. The molecule has 0 aromatic heterocycles. The lowest BCUT2D eigenvalue weighted by molar-refractivity contribution is 0.0474. The molecule has 0 N–H and O–H groups in total. The van der Waals surface area contributed by atoms with E-state index in [9.17, 15) is 4.39 Å². The van der Waals surface area contributed by atoms with Crippen molar-refractivity contribution in [3.05, 3.63) is 12.7 Å². The van der Waals surface area contributed by atoms with E-state index in [4.69, 9.17) is 0 Å². The van der Waals surface area contributed by atoms with Crippen molar-refractivity contribution in [2.24, 2.45) is 0 Å².